The third kappa shape index (κ3) is 3.91. The summed E-state index contributed by atoms with van der Waals surface area (Å²) in [5.74, 6) is 0.502. The van der Waals surface area contributed by atoms with Gasteiger partial charge in [0.1, 0.15) is 11.5 Å². The van der Waals surface area contributed by atoms with E-state index in [1.165, 1.54) is 6.07 Å². The lowest BCUT2D eigenvalue weighted by molar-refractivity contribution is 0.260. The van der Waals surface area contributed by atoms with Gasteiger partial charge in [0.15, 0.2) is 0 Å². The van der Waals surface area contributed by atoms with Crippen molar-refractivity contribution >= 4 is 11.6 Å². The second-order valence-corrected chi connectivity index (χ2v) is 5.55. The summed E-state index contributed by atoms with van der Waals surface area (Å²) < 4.78 is 18.7. The standard InChI is InChI=1S/C16H14ClFN4O/c1-22(9-11-5-6-12(17)13(18)8-11)10-15-20-16(21-23-15)14-4-2-3-7-19-14/h2-8H,9-10H2,1H3. The molecule has 7 heteroatoms. The Morgan fingerprint density at radius 2 is 2.09 bits per heavy atom. The molecule has 1 aromatic carbocycles. The van der Waals surface area contributed by atoms with E-state index in [1.54, 1.807) is 18.3 Å². The van der Waals surface area contributed by atoms with E-state index in [1.807, 2.05) is 30.1 Å². The van der Waals surface area contributed by atoms with Gasteiger partial charge in [-0.2, -0.15) is 4.98 Å². The maximum Gasteiger partial charge on any atom is 0.241 e. The van der Waals surface area contributed by atoms with Crippen LogP contribution in [0.3, 0.4) is 0 Å². The van der Waals surface area contributed by atoms with Crippen LogP contribution in [0.2, 0.25) is 5.02 Å². The van der Waals surface area contributed by atoms with Crippen LogP contribution in [0.15, 0.2) is 47.1 Å². The van der Waals surface area contributed by atoms with Crippen molar-refractivity contribution in [1.82, 2.24) is 20.0 Å². The molecule has 0 aliphatic heterocycles. The number of pyridine rings is 1. The first-order valence-electron chi connectivity index (χ1n) is 6.98. The zero-order valence-electron chi connectivity index (χ0n) is 12.4. The molecule has 5 nitrogen and oxygen atoms in total. The van der Waals surface area contributed by atoms with Gasteiger partial charge in [-0.25, -0.2) is 4.39 Å². The van der Waals surface area contributed by atoms with Crippen LogP contribution in [0.5, 0.6) is 0 Å². The highest BCUT2D eigenvalue weighted by Crippen LogP contribution is 2.17. The highest BCUT2D eigenvalue weighted by Gasteiger charge is 2.12. The van der Waals surface area contributed by atoms with Crippen LogP contribution < -0.4 is 0 Å². The summed E-state index contributed by atoms with van der Waals surface area (Å²) in [4.78, 5) is 10.4. The molecule has 0 unspecified atom stereocenters. The Balaban J connectivity index is 1.65. The molecule has 0 radical (unpaired) electrons. The van der Waals surface area contributed by atoms with Gasteiger partial charge in [-0.15, -0.1) is 0 Å². The Kier molecular flexibility index (Phi) is 4.64. The Morgan fingerprint density at radius 3 is 2.83 bits per heavy atom. The minimum absolute atomic E-state index is 0.119. The molecule has 0 saturated carbocycles. The molecule has 0 atom stereocenters. The number of nitrogens with zero attached hydrogens (tertiary/aromatic N) is 4. The lowest BCUT2D eigenvalue weighted by atomic mass is 10.2. The van der Waals surface area contributed by atoms with E-state index in [0.29, 0.717) is 30.5 Å². The quantitative estimate of drug-likeness (QED) is 0.715. The first-order chi connectivity index (χ1) is 11.1. The van der Waals surface area contributed by atoms with Gasteiger partial charge in [-0.1, -0.05) is 28.9 Å². The van der Waals surface area contributed by atoms with E-state index in [4.69, 9.17) is 16.1 Å². The van der Waals surface area contributed by atoms with Gasteiger partial charge in [-0.05, 0) is 36.9 Å². The van der Waals surface area contributed by atoms with Crippen molar-refractivity contribution in [3.05, 3.63) is 64.9 Å². The Labute approximate surface area is 137 Å². The molecule has 0 aliphatic carbocycles. The van der Waals surface area contributed by atoms with E-state index in [2.05, 4.69) is 15.1 Å². The summed E-state index contributed by atoms with van der Waals surface area (Å²) in [6.45, 7) is 0.986. The lowest BCUT2D eigenvalue weighted by Gasteiger charge is -2.14. The molecule has 0 amide bonds. The maximum atomic E-state index is 13.4. The number of halogens is 2. The van der Waals surface area contributed by atoms with Gasteiger partial charge in [0.05, 0.1) is 11.6 Å². The Morgan fingerprint density at radius 1 is 1.22 bits per heavy atom. The third-order valence-electron chi connectivity index (χ3n) is 3.20. The van der Waals surface area contributed by atoms with Gasteiger partial charge in [0.2, 0.25) is 11.7 Å². The molecule has 0 spiro atoms. The molecule has 2 heterocycles. The predicted molar refractivity (Wildman–Crippen MR) is 84.1 cm³/mol. The number of hydrogen-bond donors (Lipinski definition) is 0. The molecular formula is C16H14ClFN4O. The van der Waals surface area contributed by atoms with E-state index in [-0.39, 0.29) is 5.02 Å². The highest BCUT2D eigenvalue weighted by molar-refractivity contribution is 6.30. The minimum atomic E-state index is -0.423. The zero-order chi connectivity index (χ0) is 16.2. The highest BCUT2D eigenvalue weighted by atomic mass is 35.5. The normalized spacial score (nSPS) is 11.1. The SMILES string of the molecule is CN(Cc1ccc(Cl)c(F)c1)Cc1nc(-c2ccccn2)no1. The molecule has 0 aliphatic rings. The number of benzene rings is 1. The van der Waals surface area contributed by atoms with E-state index < -0.39 is 5.82 Å². The van der Waals surface area contributed by atoms with Crippen molar-refractivity contribution < 1.29 is 8.91 Å². The summed E-state index contributed by atoms with van der Waals surface area (Å²) in [7, 11) is 1.89. The van der Waals surface area contributed by atoms with Gasteiger partial charge >= 0.3 is 0 Å². The monoisotopic (exact) mass is 332 g/mol. The van der Waals surface area contributed by atoms with Gasteiger partial charge in [0.25, 0.3) is 0 Å². The van der Waals surface area contributed by atoms with Crippen molar-refractivity contribution in [3.63, 3.8) is 0 Å². The van der Waals surface area contributed by atoms with Crippen molar-refractivity contribution in [1.29, 1.82) is 0 Å². The molecule has 0 bridgehead atoms. The molecule has 0 saturated heterocycles. The second kappa shape index (κ2) is 6.85. The zero-order valence-corrected chi connectivity index (χ0v) is 13.2. The van der Waals surface area contributed by atoms with Crippen LogP contribution in [-0.2, 0) is 13.1 Å². The first kappa shape index (κ1) is 15.6. The Bertz CT molecular complexity index is 794. The molecular weight excluding hydrogens is 319 g/mol. The summed E-state index contributed by atoms with van der Waals surface area (Å²) in [6, 6.07) is 10.3. The van der Waals surface area contributed by atoms with E-state index in [0.717, 1.165) is 5.56 Å². The van der Waals surface area contributed by atoms with Gasteiger partial charge in [0, 0.05) is 12.7 Å². The molecule has 118 valence electrons. The number of aromatic nitrogens is 3. The molecule has 2 aromatic heterocycles. The van der Waals surface area contributed by atoms with E-state index in [9.17, 15) is 4.39 Å². The summed E-state index contributed by atoms with van der Waals surface area (Å²) in [5.41, 5.74) is 1.48. The first-order valence-corrected chi connectivity index (χ1v) is 7.36. The fourth-order valence-corrected chi connectivity index (χ4v) is 2.27. The van der Waals surface area contributed by atoms with Crippen LogP contribution in [0, 0.1) is 5.82 Å². The van der Waals surface area contributed by atoms with Crippen molar-refractivity contribution in [2.75, 3.05) is 7.05 Å². The van der Waals surface area contributed by atoms with Gasteiger partial charge in [-0.3, -0.25) is 9.88 Å². The number of hydrogen-bond acceptors (Lipinski definition) is 5. The average Bonchev–Trinajstić information content (AvgIpc) is 3.00. The Hall–Kier alpha value is -2.31. The molecule has 0 N–H and O–H groups in total. The van der Waals surface area contributed by atoms with Crippen molar-refractivity contribution in [2.24, 2.45) is 0 Å². The molecule has 3 rings (SSSR count). The van der Waals surface area contributed by atoms with Gasteiger partial charge < -0.3 is 4.52 Å². The third-order valence-corrected chi connectivity index (χ3v) is 3.51. The largest absolute Gasteiger partial charge is 0.337 e. The summed E-state index contributed by atoms with van der Waals surface area (Å²) in [5, 5.41) is 4.04. The maximum absolute atomic E-state index is 13.4. The predicted octanol–water partition coefficient (Wildman–Crippen LogP) is 3.56. The van der Waals surface area contributed by atoms with Crippen LogP contribution >= 0.6 is 11.6 Å². The fourth-order valence-electron chi connectivity index (χ4n) is 2.15. The molecule has 0 fully saturated rings. The average molecular weight is 333 g/mol. The molecule has 23 heavy (non-hydrogen) atoms. The van der Waals surface area contributed by atoms with Crippen LogP contribution in [0.25, 0.3) is 11.5 Å². The summed E-state index contributed by atoms with van der Waals surface area (Å²) >= 11 is 5.68. The second-order valence-electron chi connectivity index (χ2n) is 5.15. The topological polar surface area (TPSA) is 55.1 Å². The summed E-state index contributed by atoms with van der Waals surface area (Å²) in [6.07, 6.45) is 1.67. The number of rotatable bonds is 5. The van der Waals surface area contributed by atoms with Crippen molar-refractivity contribution in [2.45, 2.75) is 13.1 Å². The fraction of sp³-hybridized carbons (Fsp3) is 0.188. The smallest absolute Gasteiger partial charge is 0.241 e. The van der Waals surface area contributed by atoms with Crippen molar-refractivity contribution in [3.8, 4) is 11.5 Å². The minimum Gasteiger partial charge on any atom is -0.337 e. The van der Waals surface area contributed by atoms with Crippen LogP contribution in [0.1, 0.15) is 11.5 Å². The van der Waals surface area contributed by atoms with Crippen LogP contribution in [-0.4, -0.2) is 27.1 Å². The lowest BCUT2D eigenvalue weighted by Crippen LogP contribution is -2.17. The van der Waals surface area contributed by atoms with E-state index >= 15 is 0 Å². The van der Waals surface area contributed by atoms with Crippen LogP contribution in [0.4, 0.5) is 4.39 Å². The molecule has 3 aromatic rings.